The molecular weight excluding hydrogens is 528 g/mol. The number of ether oxygens (including phenoxy) is 2. The Morgan fingerprint density at radius 1 is 0.925 bits per heavy atom. The molecule has 0 saturated carbocycles. The summed E-state index contributed by atoms with van der Waals surface area (Å²) >= 11 is 5.38. The van der Waals surface area contributed by atoms with E-state index in [-0.39, 0.29) is 10.7 Å². The number of rotatable bonds is 6. The lowest BCUT2D eigenvalue weighted by Gasteiger charge is -2.29. The summed E-state index contributed by atoms with van der Waals surface area (Å²) in [4.78, 5) is 34.7. The smallest absolute Gasteiger partial charge is 0.270 e. The van der Waals surface area contributed by atoms with Gasteiger partial charge in [0.15, 0.2) is 10.7 Å². The van der Waals surface area contributed by atoms with Crippen LogP contribution in [0.5, 0.6) is 11.5 Å². The van der Waals surface area contributed by atoms with Crippen molar-refractivity contribution in [1.82, 2.24) is 15.2 Å². The maximum Gasteiger partial charge on any atom is 0.270 e. The second kappa shape index (κ2) is 11.1. The Bertz CT molecular complexity index is 1610. The van der Waals surface area contributed by atoms with Gasteiger partial charge in [-0.15, -0.1) is 0 Å². The van der Waals surface area contributed by atoms with Crippen LogP contribution in [0, 0.1) is 0 Å². The lowest BCUT2D eigenvalue weighted by Crippen LogP contribution is -2.54. The number of hydrogen-bond acceptors (Lipinski definition) is 8. The average molecular weight is 553 g/mol. The molecule has 0 unspecified atom stereocenters. The van der Waals surface area contributed by atoms with Crippen LogP contribution in [0.15, 0.2) is 101 Å². The first-order valence-electron chi connectivity index (χ1n) is 12.7. The number of aromatic nitrogens is 1. The Kier molecular flexibility index (Phi) is 7.09. The molecule has 2 aliphatic rings. The highest BCUT2D eigenvalue weighted by molar-refractivity contribution is 7.80. The second-order valence-electron chi connectivity index (χ2n) is 9.09. The van der Waals surface area contributed by atoms with Crippen molar-refractivity contribution in [3.63, 3.8) is 0 Å². The number of carbonyl (C=O) groups excluding carboxylic acids is 2. The van der Waals surface area contributed by atoms with E-state index >= 15 is 0 Å². The number of anilines is 1. The van der Waals surface area contributed by atoms with Crippen LogP contribution in [-0.4, -0.2) is 53.1 Å². The highest BCUT2D eigenvalue weighted by atomic mass is 32.1. The van der Waals surface area contributed by atoms with Crippen LogP contribution in [0.4, 0.5) is 5.69 Å². The van der Waals surface area contributed by atoms with E-state index in [1.807, 2.05) is 65.7 Å². The summed E-state index contributed by atoms with van der Waals surface area (Å²) in [5.41, 5.74) is 2.14. The van der Waals surface area contributed by atoms with Crippen molar-refractivity contribution >= 4 is 51.5 Å². The molecule has 4 aromatic rings. The molecule has 3 aromatic carbocycles. The highest BCUT2D eigenvalue weighted by Crippen LogP contribution is 2.29. The molecule has 2 saturated heterocycles. The van der Waals surface area contributed by atoms with Gasteiger partial charge in [-0.1, -0.05) is 30.3 Å². The molecule has 0 bridgehead atoms. The molecule has 0 atom stereocenters. The minimum atomic E-state index is -0.598. The van der Waals surface area contributed by atoms with Gasteiger partial charge < -0.3 is 18.8 Å². The van der Waals surface area contributed by atoms with Gasteiger partial charge in [-0.3, -0.25) is 19.8 Å². The molecule has 6 rings (SSSR count). The standard InChI is InChI=1S/C30H24N4O5S/c35-27-24(18-20(19-33-14-16-37-17-15-33)28-31-25-8-4-5-9-26(25)39-28)29(36)34(30(40)32-27)21-10-12-23(13-11-21)38-22-6-2-1-3-7-22/h1-13,18-19H,14-17H2,(H,32,35,40)/b20-19-,24-18+. The molecule has 1 aromatic heterocycles. The summed E-state index contributed by atoms with van der Waals surface area (Å²) in [5, 5.41) is 2.63. The van der Waals surface area contributed by atoms with Crippen LogP contribution in [0.3, 0.4) is 0 Å². The third-order valence-corrected chi connectivity index (χ3v) is 6.67. The molecule has 2 amide bonds. The molecule has 10 heteroatoms. The summed E-state index contributed by atoms with van der Waals surface area (Å²) in [7, 11) is 0. The van der Waals surface area contributed by atoms with Gasteiger partial charge in [-0.05, 0) is 66.8 Å². The van der Waals surface area contributed by atoms with Gasteiger partial charge in [0.1, 0.15) is 22.6 Å². The van der Waals surface area contributed by atoms with Crippen LogP contribution in [-0.2, 0) is 14.3 Å². The van der Waals surface area contributed by atoms with Gasteiger partial charge in [-0.25, -0.2) is 4.98 Å². The maximum atomic E-state index is 13.7. The minimum Gasteiger partial charge on any atom is -0.457 e. The van der Waals surface area contributed by atoms with Gasteiger partial charge in [0.05, 0.1) is 24.5 Å². The second-order valence-corrected chi connectivity index (χ2v) is 9.47. The van der Waals surface area contributed by atoms with Crippen molar-refractivity contribution in [3.8, 4) is 11.5 Å². The van der Waals surface area contributed by atoms with Crippen molar-refractivity contribution < 1.29 is 23.5 Å². The van der Waals surface area contributed by atoms with Crippen LogP contribution >= 0.6 is 12.2 Å². The van der Waals surface area contributed by atoms with Gasteiger partial charge >= 0.3 is 0 Å². The van der Waals surface area contributed by atoms with Crippen LogP contribution in [0.2, 0.25) is 0 Å². The topological polar surface area (TPSA) is 97.1 Å². The van der Waals surface area contributed by atoms with Gasteiger partial charge in [-0.2, -0.15) is 0 Å². The number of thiocarbonyl (C=S) groups is 1. The number of oxazole rings is 1. The molecule has 2 aliphatic heterocycles. The average Bonchev–Trinajstić information content (AvgIpc) is 3.41. The summed E-state index contributed by atoms with van der Waals surface area (Å²) < 4.78 is 17.3. The normalized spacial score (nSPS) is 17.4. The van der Waals surface area contributed by atoms with Crippen molar-refractivity contribution in [2.24, 2.45) is 0 Å². The number of hydrogen-bond donors (Lipinski definition) is 1. The monoisotopic (exact) mass is 552 g/mol. The molecular formula is C30H24N4O5S. The molecule has 3 heterocycles. The van der Waals surface area contributed by atoms with Crippen molar-refractivity contribution in [1.29, 1.82) is 0 Å². The maximum absolute atomic E-state index is 13.7. The van der Waals surface area contributed by atoms with Crippen molar-refractivity contribution in [2.45, 2.75) is 0 Å². The Morgan fingerprint density at radius 3 is 2.38 bits per heavy atom. The summed E-state index contributed by atoms with van der Waals surface area (Å²) in [5.74, 6) is 0.421. The fourth-order valence-electron chi connectivity index (χ4n) is 4.39. The summed E-state index contributed by atoms with van der Waals surface area (Å²) in [6, 6.07) is 23.6. The number of nitrogens with zero attached hydrogens (tertiary/aromatic N) is 3. The zero-order chi connectivity index (χ0) is 27.5. The Morgan fingerprint density at radius 2 is 1.62 bits per heavy atom. The van der Waals surface area contributed by atoms with Crippen LogP contribution in [0.1, 0.15) is 5.89 Å². The quantitative estimate of drug-likeness (QED) is 0.210. The lowest BCUT2D eigenvalue weighted by atomic mass is 10.1. The summed E-state index contributed by atoms with van der Waals surface area (Å²) in [6.45, 7) is 2.44. The molecule has 0 aliphatic carbocycles. The summed E-state index contributed by atoms with van der Waals surface area (Å²) in [6.07, 6.45) is 3.34. The van der Waals surface area contributed by atoms with Gasteiger partial charge in [0.25, 0.3) is 11.8 Å². The first-order chi connectivity index (χ1) is 19.5. The predicted octanol–water partition coefficient (Wildman–Crippen LogP) is 4.67. The SMILES string of the molecule is O=C1NC(=S)N(c2ccc(Oc3ccccc3)cc2)C(=O)/C1=C/C(=C/N1CCOCC1)c1nc2ccccc2o1. The van der Waals surface area contributed by atoms with Gasteiger partial charge in [0, 0.05) is 19.3 Å². The highest BCUT2D eigenvalue weighted by Gasteiger charge is 2.35. The molecule has 2 fully saturated rings. The minimum absolute atomic E-state index is 0.00977. The van der Waals surface area contributed by atoms with E-state index in [0.29, 0.717) is 66.1 Å². The number of amides is 2. The molecule has 200 valence electrons. The third-order valence-electron chi connectivity index (χ3n) is 6.38. The van der Waals surface area contributed by atoms with E-state index < -0.39 is 11.8 Å². The van der Waals surface area contributed by atoms with E-state index in [9.17, 15) is 9.59 Å². The fraction of sp³-hybridized carbons (Fsp3) is 0.133. The van der Waals surface area contributed by atoms with Crippen molar-refractivity contribution in [3.05, 3.63) is 103 Å². The van der Waals surface area contributed by atoms with E-state index in [2.05, 4.69) is 10.3 Å². The number of benzene rings is 3. The number of morpholine rings is 1. The lowest BCUT2D eigenvalue weighted by molar-refractivity contribution is -0.122. The van der Waals surface area contributed by atoms with E-state index in [0.717, 1.165) is 0 Å². The van der Waals surface area contributed by atoms with Gasteiger partial charge in [0.2, 0.25) is 5.89 Å². The Labute approximate surface area is 235 Å². The number of nitrogens with one attached hydrogen (secondary N) is 1. The number of allylic oxidation sites excluding steroid dienone is 2. The Balaban J connectivity index is 1.33. The molecule has 40 heavy (non-hydrogen) atoms. The Hall–Kier alpha value is -4.80. The molecule has 1 N–H and O–H groups in total. The fourth-order valence-corrected chi connectivity index (χ4v) is 4.67. The van der Waals surface area contributed by atoms with E-state index in [1.165, 1.54) is 11.0 Å². The van der Waals surface area contributed by atoms with Crippen LogP contribution < -0.4 is 15.0 Å². The number of carbonyl (C=O) groups is 2. The number of fused-ring (bicyclic) bond motifs is 1. The van der Waals surface area contributed by atoms with E-state index in [4.69, 9.17) is 26.1 Å². The first-order valence-corrected chi connectivity index (χ1v) is 13.1. The molecule has 0 radical (unpaired) electrons. The largest absolute Gasteiger partial charge is 0.457 e. The molecule has 9 nitrogen and oxygen atoms in total. The molecule has 0 spiro atoms. The van der Waals surface area contributed by atoms with E-state index in [1.54, 1.807) is 24.3 Å². The zero-order valence-electron chi connectivity index (χ0n) is 21.3. The zero-order valence-corrected chi connectivity index (χ0v) is 22.1. The third kappa shape index (κ3) is 5.35. The van der Waals surface area contributed by atoms with Crippen LogP contribution in [0.25, 0.3) is 16.7 Å². The first kappa shape index (κ1) is 25.5. The number of para-hydroxylation sites is 3. The predicted molar refractivity (Wildman–Crippen MR) is 154 cm³/mol. The van der Waals surface area contributed by atoms with Crippen molar-refractivity contribution in [2.75, 3.05) is 31.2 Å².